The van der Waals surface area contributed by atoms with E-state index in [0.29, 0.717) is 23.2 Å². The third-order valence-electron chi connectivity index (χ3n) is 8.27. The van der Waals surface area contributed by atoms with Gasteiger partial charge in [-0.05, 0) is 94.8 Å². The third-order valence-corrected chi connectivity index (χ3v) is 8.27. The Labute approximate surface area is 211 Å². The van der Waals surface area contributed by atoms with Crippen LogP contribution in [-0.2, 0) is 0 Å². The number of rotatable bonds is 5. The maximum absolute atomic E-state index is 13.5. The summed E-state index contributed by atoms with van der Waals surface area (Å²) in [4.78, 5) is 21.5. The number of fused-ring (bicyclic) bond motifs is 2. The van der Waals surface area contributed by atoms with Crippen LogP contribution in [0.2, 0.25) is 0 Å². The van der Waals surface area contributed by atoms with Gasteiger partial charge in [0.1, 0.15) is 17.1 Å². The van der Waals surface area contributed by atoms with Gasteiger partial charge in [0.15, 0.2) is 0 Å². The Morgan fingerprint density at radius 1 is 1.06 bits per heavy atom. The normalized spacial score (nSPS) is 19.9. The van der Waals surface area contributed by atoms with Crippen molar-refractivity contribution in [3.8, 4) is 0 Å². The predicted molar refractivity (Wildman–Crippen MR) is 141 cm³/mol. The topological polar surface area (TPSA) is 52.5 Å². The number of halogens is 1. The summed E-state index contributed by atoms with van der Waals surface area (Å²) in [6.45, 7) is 6.02. The Kier molecular flexibility index (Phi) is 6.30. The van der Waals surface area contributed by atoms with E-state index in [9.17, 15) is 9.18 Å². The van der Waals surface area contributed by atoms with Crippen molar-refractivity contribution < 1.29 is 13.6 Å². The van der Waals surface area contributed by atoms with Gasteiger partial charge >= 0.3 is 0 Å². The van der Waals surface area contributed by atoms with Crippen molar-refractivity contribution in [1.29, 1.82) is 0 Å². The highest BCUT2D eigenvalue weighted by molar-refractivity contribution is 5.98. The molecule has 2 aliphatic heterocycles. The van der Waals surface area contributed by atoms with Gasteiger partial charge in [0.25, 0.3) is 5.91 Å². The molecular weight excluding hydrogens is 453 g/mol. The van der Waals surface area contributed by atoms with Gasteiger partial charge in [0.2, 0.25) is 0 Å². The number of aromatic nitrogens is 1. The molecule has 1 N–H and O–H groups in total. The molecule has 6 heteroatoms. The van der Waals surface area contributed by atoms with Crippen molar-refractivity contribution in [3.05, 3.63) is 71.4 Å². The number of hydrogen-bond donors (Lipinski definition) is 1. The van der Waals surface area contributed by atoms with Crippen LogP contribution in [0.3, 0.4) is 0 Å². The lowest BCUT2D eigenvalue weighted by molar-refractivity contribution is 0.0573. The number of likely N-dealkylation sites (tertiary alicyclic amines) is 2. The second-order valence-corrected chi connectivity index (χ2v) is 10.7. The summed E-state index contributed by atoms with van der Waals surface area (Å²) >= 11 is 0. The summed E-state index contributed by atoms with van der Waals surface area (Å²) in [6.07, 6.45) is 8.35. The molecule has 2 aliphatic rings. The Morgan fingerprint density at radius 2 is 1.92 bits per heavy atom. The van der Waals surface area contributed by atoms with Crippen molar-refractivity contribution in [2.24, 2.45) is 0 Å². The maximum Gasteiger partial charge on any atom is 0.270 e. The molecule has 4 aromatic rings. The molecule has 0 bridgehead atoms. The van der Waals surface area contributed by atoms with Crippen molar-refractivity contribution in [2.45, 2.75) is 57.4 Å². The number of carbonyl (C=O) groups excluding carboxylic acids is 1. The zero-order valence-electron chi connectivity index (χ0n) is 20.9. The molecule has 188 valence electrons. The quantitative estimate of drug-likeness (QED) is 0.344. The summed E-state index contributed by atoms with van der Waals surface area (Å²) in [7, 11) is 0. The van der Waals surface area contributed by atoms with E-state index in [0.717, 1.165) is 74.6 Å². The van der Waals surface area contributed by atoms with Gasteiger partial charge in [-0.25, -0.2) is 4.39 Å². The van der Waals surface area contributed by atoms with E-state index in [-0.39, 0.29) is 11.7 Å². The minimum absolute atomic E-state index is 0.135. The van der Waals surface area contributed by atoms with Crippen LogP contribution in [-0.4, -0.2) is 52.9 Å². The van der Waals surface area contributed by atoms with Crippen molar-refractivity contribution in [1.82, 2.24) is 14.8 Å². The number of amides is 1. The standard InChI is InChI=1S/C30H34FN3O2/c1-20-5-8-27-22(16-20)17-28(32-27)30(35)34-12-3-2-4-24(34)11-15-33-13-9-21(10-14-33)26-19-36-29-18-23(31)6-7-25(26)29/h5-8,16-19,21,24,32H,2-4,9-15H2,1H3/t24-/m0/s1. The fraction of sp³-hybridized carbons (Fsp3) is 0.433. The predicted octanol–water partition coefficient (Wildman–Crippen LogP) is 6.63. The number of H-pyrrole nitrogens is 1. The smallest absolute Gasteiger partial charge is 0.270 e. The number of nitrogens with zero attached hydrogens (tertiary/aromatic N) is 2. The van der Waals surface area contributed by atoms with E-state index in [1.165, 1.54) is 29.7 Å². The minimum Gasteiger partial charge on any atom is -0.464 e. The number of aromatic amines is 1. The average Bonchev–Trinajstić information content (AvgIpc) is 3.51. The van der Waals surface area contributed by atoms with Crippen molar-refractivity contribution >= 4 is 27.8 Å². The lowest BCUT2D eigenvalue weighted by Crippen LogP contribution is -2.46. The first-order valence-corrected chi connectivity index (χ1v) is 13.3. The second-order valence-electron chi connectivity index (χ2n) is 10.7. The van der Waals surface area contributed by atoms with Gasteiger partial charge in [-0.1, -0.05) is 11.6 Å². The fourth-order valence-electron chi connectivity index (χ4n) is 6.23. The van der Waals surface area contributed by atoms with Crippen molar-refractivity contribution in [3.63, 3.8) is 0 Å². The van der Waals surface area contributed by atoms with Gasteiger partial charge in [-0.15, -0.1) is 0 Å². The molecule has 2 aromatic carbocycles. The Morgan fingerprint density at radius 3 is 2.78 bits per heavy atom. The van der Waals surface area contributed by atoms with Crippen LogP contribution in [0.1, 0.15) is 66.1 Å². The van der Waals surface area contributed by atoms with E-state index in [1.54, 1.807) is 0 Å². The maximum atomic E-state index is 13.5. The lowest BCUT2D eigenvalue weighted by atomic mass is 9.89. The first kappa shape index (κ1) is 23.3. The van der Waals surface area contributed by atoms with Crippen LogP contribution in [0, 0.1) is 12.7 Å². The molecule has 2 saturated heterocycles. The largest absolute Gasteiger partial charge is 0.464 e. The Balaban J connectivity index is 1.07. The van der Waals surface area contributed by atoms with Crippen LogP contribution < -0.4 is 0 Å². The highest BCUT2D eigenvalue weighted by Gasteiger charge is 2.30. The monoisotopic (exact) mass is 487 g/mol. The third kappa shape index (κ3) is 4.55. The molecule has 1 atom stereocenters. The zero-order chi connectivity index (χ0) is 24.6. The highest BCUT2D eigenvalue weighted by atomic mass is 19.1. The van der Waals surface area contributed by atoms with Gasteiger partial charge in [0, 0.05) is 47.1 Å². The van der Waals surface area contributed by atoms with Gasteiger partial charge < -0.3 is 19.2 Å². The SMILES string of the molecule is Cc1ccc2[nH]c(C(=O)N3CCCC[C@H]3CCN3CCC(c4coc5cc(F)ccc45)CC3)cc2c1. The first-order valence-electron chi connectivity index (χ1n) is 13.3. The number of hydrogen-bond acceptors (Lipinski definition) is 3. The first-order chi connectivity index (χ1) is 17.5. The van der Waals surface area contributed by atoms with Gasteiger partial charge in [0.05, 0.1) is 6.26 Å². The van der Waals surface area contributed by atoms with E-state index in [4.69, 9.17) is 4.42 Å². The molecule has 6 rings (SSSR count). The van der Waals surface area contributed by atoms with Gasteiger partial charge in [-0.2, -0.15) is 0 Å². The molecule has 36 heavy (non-hydrogen) atoms. The fourth-order valence-corrected chi connectivity index (χ4v) is 6.23. The average molecular weight is 488 g/mol. The number of aryl methyl sites for hydroxylation is 1. The summed E-state index contributed by atoms with van der Waals surface area (Å²) in [5.74, 6) is 0.329. The lowest BCUT2D eigenvalue weighted by Gasteiger charge is -2.38. The number of nitrogens with one attached hydrogen (secondary N) is 1. The molecule has 0 saturated carbocycles. The van der Waals surface area contributed by atoms with Crippen LogP contribution in [0.5, 0.6) is 0 Å². The highest BCUT2D eigenvalue weighted by Crippen LogP contribution is 2.35. The molecule has 0 unspecified atom stereocenters. The molecule has 1 amide bonds. The molecule has 5 nitrogen and oxygen atoms in total. The van der Waals surface area contributed by atoms with Crippen LogP contribution >= 0.6 is 0 Å². The summed E-state index contributed by atoms with van der Waals surface area (Å²) in [6, 6.07) is 13.4. The number of furan rings is 1. The molecule has 2 aromatic heterocycles. The van der Waals surface area contributed by atoms with E-state index in [2.05, 4.69) is 39.9 Å². The number of benzene rings is 2. The second kappa shape index (κ2) is 9.74. The van der Waals surface area contributed by atoms with Crippen LogP contribution in [0.25, 0.3) is 21.9 Å². The Bertz CT molecular complexity index is 1380. The van der Waals surface area contributed by atoms with Crippen molar-refractivity contribution in [2.75, 3.05) is 26.2 Å². The van der Waals surface area contributed by atoms with Crippen LogP contribution in [0.4, 0.5) is 4.39 Å². The van der Waals surface area contributed by atoms with Gasteiger partial charge in [-0.3, -0.25) is 4.79 Å². The molecule has 0 aliphatic carbocycles. The molecular formula is C30H34FN3O2. The van der Waals surface area contributed by atoms with Crippen LogP contribution in [0.15, 0.2) is 53.1 Å². The summed E-state index contributed by atoms with van der Waals surface area (Å²) < 4.78 is 19.2. The number of piperidine rings is 2. The molecule has 0 radical (unpaired) electrons. The molecule has 2 fully saturated rings. The molecule has 4 heterocycles. The number of carbonyl (C=O) groups is 1. The van der Waals surface area contributed by atoms with E-state index in [1.807, 2.05) is 18.4 Å². The summed E-state index contributed by atoms with van der Waals surface area (Å²) in [5, 5.41) is 2.14. The van der Waals surface area contributed by atoms with E-state index >= 15 is 0 Å². The molecule has 0 spiro atoms. The zero-order valence-corrected chi connectivity index (χ0v) is 20.9. The minimum atomic E-state index is -0.256. The summed E-state index contributed by atoms with van der Waals surface area (Å²) in [5.41, 5.74) is 4.78. The van der Waals surface area contributed by atoms with E-state index < -0.39 is 0 Å². The Hall–Kier alpha value is -3.12.